The molecule has 0 bridgehead atoms. The quantitative estimate of drug-likeness (QED) is 0.0849. The minimum absolute atomic E-state index is 0.0119. The molecule has 2 aromatic rings. The van der Waals surface area contributed by atoms with Crippen molar-refractivity contribution in [3.63, 3.8) is 0 Å². The van der Waals surface area contributed by atoms with Gasteiger partial charge in [-0.25, -0.2) is 21.1 Å². The maximum Gasteiger partial charge on any atom is 0.264 e. The van der Waals surface area contributed by atoms with E-state index in [2.05, 4.69) is 49.4 Å². The number of fused-ring (bicyclic) bond motifs is 1. The van der Waals surface area contributed by atoms with Crippen LogP contribution in [0.25, 0.3) is 0 Å². The van der Waals surface area contributed by atoms with E-state index in [0.29, 0.717) is 12.2 Å². The van der Waals surface area contributed by atoms with E-state index in [1.54, 1.807) is 23.9 Å². The molecule has 0 saturated carbocycles. The first-order valence-electron chi connectivity index (χ1n) is 21.9. The number of nitrogens with zero attached hydrogens (tertiary/aromatic N) is 3. The average Bonchev–Trinajstić information content (AvgIpc) is 4.02. The molecular weight excluding hydrogens is 917 g/mol. The van der Waals surface area contributed by atoms with Gasteiger partial charge in [-0.2, -0.15) is 0 Å². The zero-order valence-electron chi connectivity index (χ0n) is 36.7. The van der Waals surface area contributed by atoms with Crippen molar-refractivity contribution in [1.82, 2.24) is 46.0 Å². The first kappa shape index (κ1) is 48.9. The molecule has 66 heavy (non-hydrogen) atoms. The number of imide groups is 2. The number of benzene rings is 2. The second-order valence-corrected chi connectivity index (χ2v) is 22.6. The van der Waals surface area contributed by atoms with Crippen molar-refractivity contribution >= 4 is 78.7 Å². The number of hydrogen-bond donors (Lipinski definition) is 7. The van der Waals surface area contributed by atoms with Crippen molar-refractivity contribution in [2.75, 3.05) is 81.7 Å². The highest BCUT2D eigenvalue weighted by atomic mass is 32.2. The van der Waals surface area contributed by atoms with Gasteiger partial charge in [-0.05, 0) is 68.5 Å². The lowest BCUT2D eigenvalue weighted by Gasteiger charge is -2.36. The number of sulfone groups is 1. The van der Waals surface area contributed by atoms with Gasteiger partial charge in [0.2, 0.25) is 39.6 Å². The van der Waals surface area contributed by atoms with Crippen molar-refractivity contribution in [1.29, 1.82) is 0 Å². The third kappa shape index (κ3) is 11.9. The number of sulfonamides is 1. The van der Waals surface area contributed by atoms with Gasteiger partial charge in [0.25, 0.3) is 11.8 Å². The molecule has 0 spiro atoms. The van der Waals surface area contributed by atoms with Crippen LogP contribution in [-0.2, 0) is 43.8 Å². The predicted octanol–water partition coefficient (Wildman–Crippen LogP) is -1.37. The maximum absolute atomic E-state index is 13.3. The lowest BCUT2D eigenvalue weighted by Crippen LogP contribution is -2.54. The van der Waals surface area contributed by atoms with Crippen molar-refractivity contribution in [3.8, 4) is 0 Å². The Morgan fingerprint density at radius 3 is 2.42 bits per heavy atom. The lowest BCUT2D eigenvalue weighted by molar-refractivity contribution is -0.136. The van der Waals surface area contributed by atoms with E-state index in [1.165, 1.54) is 10.4 Å². The molecular formula is C42H56N10O11S3. The maximum atomic E-state index is 13.3. The van der Waals surface area contributed by atoms with E-state index in [9.17, 15) is 50.4 Å². The van der Waals surface area contributed by atoms with Gasteiger partial charge in [-0.15, -0.1) is 11.8 Å². The Hall–Kier alpha value is -4.98. The standard InChI is InChI=1S/C42H56N10O11S3/c1-50(23-36(55)45-15-18-66(62,63)17-14-43-30-8-4-7-29-37(30)41(59)52(40(29)58)32-9-10-34(53)48-39(32)57)33-20-26(11-13-44-33)25-5-3-6-27(19-25)31-24-64-42(47-31)49-35(54)21-46-38(56)28-12-16-51(22-28)65(2,60)61/h3-8,19,26,28,31-33,42-44,47H,9-18,20-24H2,1-2H3,(H,45,55)(H,46,56)(H,49,54)(H,48,53,57). The first-order chi connectivity index (χ1) is 31.4. The monoisotopic (exact) mass is 972 g/mol. The van der Waals surface area contributed by atoms with Crippen LogP contribution >= 0.6 is 11.8 Å². The number of likely N-dealkylation sites (N-methyl/N-ethyl adjacent to an activating group) is 1. The SMILES string of the molecule is CN(CC(=O)NCCS(=O)(=O)CCNc1cccc2c1C(=O)N(C1CCC(=O)NC1=O)C2=O)C1CC(c2cccc(C3CSC(NC(=O)CNC(=O)C4CCN(S(C)(=O)=O)C4)N3)c2)CCN1. The Kier molecular flexibility index (Phi) is 15.5. The zero-order valence-corrected chi connectivity index (χ0v) is 39.1. The number of rotatable bonds is 18. The summed E-state index contributed by atoms with van der Waals surface area (Å²) < 4.78 is 50.7. The fourth-order valence-electron chi connectivity index (χ4n) is 8.91. The summed E-state index contributed by atoms with van der Waals surface area (Å²) in [7, 11) is -5.19. The Balaban J connectivity index is 0.810. The molecule has 7 N–H and O–H groups in total. The number of hydrogen-bond acceptors (Lipinski definition) is 16. The molecule has 5 heterocycles. The molecule has 24 heteroatoms. The molecule has 5 aliphatic heterocycles. The Bertz CT molecular complexity index is 2480. The van der Waals surface area contributed by atoms with Gasteiger partial charge in [0.15, 0.2) is 9.84 Å². The molecule has 6 unspecified atom stereocenters. The molecule has 4 fully saturated rings. The second-order valence-electron chi connectivity index (χ2n) is 17.2. The van der Waals surface area contributed by atoms with Gasteiger partial charge < -0.3 is 26.6 Å². The lowest BCUT2D eigenvalue weighted by atomic mass is 9.87. The molecule has 0 aromatic heterocycles. The van der Waals surface area contributed by atoms with Gasteiger partial charge in [0, 0.05) is 50.1 Å². The van der Waals surface area contributed by atoms with Gasteiger partial charge >= 0.3 is 0 Å². The summed E-state index contributed by atoms with van der Waals surface area (Å²) in [5.74, 6) is -3.81. The average molecular weight is 973 g/mol. The second kappa shape index (κ2) is 20.9. The van der Waals surface area contributed by atoms with Crippen LogP contribution in [0.5, 0.6) is 0 Å². The van der Waals surface area contributed by atoms with Gasteiger partial charge in [-0.3, -0.25) is 54.0 Å². The minimum Gasteiger partial charge on any atom is -0.383 e. The summed E-state index contributed by atoms with van der Waals surface area (Å²) in [5.41, 5.74) is 2.22. The Morgan fingerprint density at radius 1 is 0.909 bits per heavy atom. The van der Waals surface area contributed by atoms with Gasteiger partial charge in [-0.1, -0.05) is 30.3 Å². The van der Waals surface area contributed by atoms with Crippen LogP contribution in [0.2, 0.25) is 0 Å². The van der Waals surface area contributed by atoms with Gasteiger partial charge in [0.1, 0.15) is 11.5 Å². The van der Waals surface area contributed by atoms with Gasteiger partial charge in [0.05, 0.1) is 54.1 Å². The summed E-state index contributed by atoms with van der Waals surface area (Å²) in [5, 5.41) is 20.3. The van der Waals surface area contributed by atoms with Crippen LogP contribution in [0.1, 0.15) is 75.9 Å². The number of nitrogens with one attached hydrogen (secondary N) is 7. The van der Waals surface area contributed by atoms with Crippen LogP contribution in [0.3, 0.4) is 0 Å². The minimum atomic E-state index is -3.65. The highest BCUT2D eigenvalue weighted by Gasteiger charge is 2.45. The molecule has 7 rings (SSSR count). The number of amides is 7. The van der Waals surface area contributed by atoms with Crippen LogP contribution < -0.4 is 37.2 Å². The number of piperidine rings is 2. The molecule has 4 saturated heterocycles. The van der Waals surface area contributed by atoms with Crippen LogP contribution in [0.15, 0.2) is 42.5 Å². The predicted molar refractivity (Wildman–Crippen MR) is 244 cm³/mol. The largest absolute Gasteiger partial charge is 0.383 e. The Morgan fingerprint density at radius 2 is 1.67 bits per heavy atom. The molecule has 5 aliphatic rings. The van der Waals surface area contributed by atoms with E-state index in [0.717, 1.165) is 41.7 Å². The Labute approximate surface area is 387 Å². The smallest absolute Gasteiger partial charge is 0.264 e. The molecule has 6 atom stereocenters. The topological polar surface area (TPSA) is 282 Å². The van der Waals surface area contributed by atoms with E-state index < -0.39 is 55.4 Å². The van der Waals surface area contributed by atoms with Crippen molar-refractivity contribution in [3.05, 3.63) is 64.7 Å². The van der Waals surface area contributed by atoms with E-state index in [4.69, 9.17) is 0 Å². The van der Waals surface area contributed by atoms with Crippen LogP contribution in [0.4, 0.5) is 5.69 Å². The van der Waals surface area contributed by atoms with Crippen LogP contribution in [-0.4, -0.2) is 166 Å². The number of anilines is 1. The molecule has 0 radical (unpaired) electrons. The van der Waals surface area contributed by atoms with Crippen molar-refractivity contribution in [2.45, 2.75) is 61.8 Å². The fourth-order valence-corrected chi connectivity index (χ4v) is 12.0. The molecule has 21 nitrogen and oxygen atoms in total. The summed E-state index contributed by atoms with van der Waals surface area (Å²) >= 11 is 1.55. The number of carbonyl (C=O) groups excluding carboxylic acids is 7. The molecule has 358 valence electrons. The summed E-state index contributed by atoms with van der Waals surface area (Å²) in [6.45, 7) is 0.759. The third-order valence-electron chi connectivity index (χ3n) is 12.5. The fraction of sp³-hybridized carbons (Fsp3) is 0.548. The third-order valence-corrected chi connectivity index (χ3v) is 16.5. The molecule has 2 aromatic carbocycles. The van der Waals surface area contributed by atoms with Crippen molar-refractivity contribution < 1.29 is 50.4 Å². The van der Waals surface area contributed by atoms with Crippen LogP contribution in [0, 0.1) is 5.92 Å². The molecule has 7 amide bonds. The normalized spacial score (nSPS) is 24.9. The summed E-state index contributed by atoms with van der Waals surface area (Å²) in [6, 6.07) is 11.7. The first-order valence-corrected chi connectivity index (χ1v) is 26.6. The van der Waals surface area contributed by atoms with E-state index >= 15 is 0 Å². The summed E-state index contributed by atoms with van der Waals surface area (Å²) in [6.07, 6.45) is 3.03. The zero-order chi connectivity index (χ0) is 47.3. The van der Waals surface area contributed by atoms with E-state index in [-0.39, 0.29) is 122 Å². The highest BCUT2D eigenvalue weighted by molar-refractivity contribution is 8.00. The molecule has 0 aliphatic carbocycles. The van der Waals surface area contributed by atoms with Crippen molar-refractivity contribution in [2.24, 2.45) is 5.92 Å². The number of carbonyl (C=O) groups is 7. The van der Waals surface area contributed by atoms with E-state index in [1.807, 2.05) is 24.1 Å². The number of thioether (sulfide) groups is 1. The summed E-state index contributed by atoms with van der Waals surface area (Å²) in [4.78, 5) is 91.5. The highest BCUT2D eigenvalue weighted by Crippen LogP contribution is 2.34.